The number of halogens is 7. The van der Waals surface area contributed by atoms with E-state index in [4.69, 9.17) is 16.3 Å². The molecular formula is C16H12ClF6NO3. The van der Waals surface area contributed by atoms with Gasteiger partial charge in [0.15, 0.2) is 0 Å². The molecule has 4 nitrogen and oxygen atoms in total. The van der Waals surface area contributed by atoms with Gasteiger partial charge in [0, 0.05) is 6.07 Å². The Kier molecular flexibility index (Phi) is 6.55. The minimum absolute atomic E-state index is 0.122. The van der Waals surface area contributed by atoms with Crippen LogP contribution in [0.15, 0.2) is 48.5 Å². The van der Waals surface area contributed by atoms with Crippen LogP contribution in [0.1, 0.15) is 5.69 Å². The van der Waals surface area contributed by atoms with E-state index in [2.05, 4.69) is 14.5 Å². The van der Waals surface area contributed by atoms with E-state index in [0.29, 0.717) is 5.75 Å². The molecule has 1 aromatic carbocycles. The fourth-order valence-corrected chi connectivity index (χ4v) is 2.01. The first-order valence-corrected chi connectivity index (χ1v) is 7.65. The first-order chi connectivity index (χ1) is 12.5. The summed E-state index contributed by atoms with van der Waals surface area (Å²) in [4.78, 5) is 3.99. The second kappa shape index (κ2) is 8.32. The zero-order valence-electron chi connectivity index (χ0n) is 13.4. The Balaban J connectivity index is 2.00. The predicted molar refractivity (Wildman–Crippen MR) is 82.2 cm³/mol. The van der Waals surface area contributed by atoms with Crippen LogP contribution in [-0.2, 0) is 16.1 Å². The average molecular weight is 416 g/mol. The van der Waals surface area contributed by atoms with E-state index in [0.717, 1.165) is 0 Å². The van der Waals surface area contributed by atoms with Gasteiger partial charge in [-0.05, 0) is 18.2 Å². The van der Waals surface area contributed by atoms with Crippen LogP contribution in [0.5, 0.6) is 11.6 Å². The molecule has 0 aliphatic carbocycles. The quantitative estimate of drug-likeness (QED) is 0.447. The van der Waals surface area contributed by atoms with Crippen LogP contribution in [-0.4, -0.2) is 29.2 Å². The Bertz CT molecular complexity index is 741. The maximum Gasteiger partial charge on any atom is 0.524 e. The second-order valence-corrected chi connectivity index (χ2v) is 5.76. The van der Waals surface area contributed by atoms with Crippen molar-refractivity contribution in [3.8, 4) is 11.6 Å². The van der Waals surface area contributed by atoms with Gasteiger partial charge in [-0.3, -0.25) is 4.74 Å². The first kappa shape index (κ1) is 21.3. The minimum Gasteiger partial charge on any atom is -0.439 e. The highest BCUT2D eigenvalue weighted by molar-refractivity contribution is 6.23. The maximum atomic E-state index is 12.8. The van der Waals surface area contributed by atoms with Gasteiger partial charge in [-0.15, -0.1) is 13.2 Å². The van der Waals surface area contributed by atoms with Crippen molar-refractivity contribution in [2.45, 2.75) is 24.2 Å². The molecule has 0 spiro atoms. The molecule has 1 aromatic heterocycles. The summed E-state index contributed by atoms with van der Waals surface area (Å²) in [7, 11) is 0. The lowest BCUT2D eigenvalue weighted by Gasteiger charge is -2.29. The number of alkyl halides is 7. The zero-order valence-corrected chi connectivity index (χ0v) is 14.1. The molecule has 0 radical (unpaired) electrons. The smallest absolute Gasteiger partial charge is 0.439 e. The predicted octanol–water partition coefficient (Wildman–Crippen LogP) is 5.42. The Morgan fingerprint density at radius 2 is 1.56 bits per heavy atom. The number of hydrogen-bond donors (Lipinski definition) is 0. The van der Waals surface area contributed by atoms with Gasteiger partial charge in [0.1, 0.15) is 5.75 Å². The van der Waals surface area contributed by atoms with Crippen LogP contribution in [0.2, 0.25) is 0 Å². The third kappa shape index (κ3) is 6.56. The molecule has 0 amide bonds. The number of aromatic nitrogens is 1. The summed E-state index contributed by atoms with van der Waals surface area (Å²) in [6.07, 6.45) is -11.1. The third-order valence-corrected chi connectivity index (χ3v) is 3.39. The first-order valence-electron chi connectivity index (χ1n) is 7.28. The average Bonchev–Trinajstić information content (AvgIpc) is 2.53. The van der Waals surface area contributed by atoms with Crippen LogP contribution in [0.3, 0.4) is 0 Å². The van der Waals surface area contributed by atoms with Crippen LogP contribution in [0, 0.1) is 0 Å². The molecule has 11 heteroatoms. The van der Waals surface area contributed by atoms with E-state index < -0.39 is 30.8 Å². The largest absolute Gasteiger partial charge is 0.524 e. The van der Waals surface area contributed by atoms with Gasteiger partial charge in [-0.2, -0.15) is 13.2 Å². The highest BCUT2D eigenvalue weighted by Crippen LogP contribution is 2.41. The molecular weight excluding hydrogens is 404 g/mol. The molecule has 1 unspecified atom stereocenters. The van der Waals surface area contributed by atoms with Gasteiger partial charge < -0.3 is 9.47 Å². The molecule has 0 saturated heterocycles. The summed E-state index contributed by atoms with van der Waals surface area (Å²) in [5.41, 5.74) is 0.122. The van der Waals surface area contributed by atoms with Gasteiger partial charge in [0.25, 0.3) is 5.06 Å². The van der Waals surface area contributed by atoms with E-state index >= 15 is 0 Å². The topological polar surface area (TPSA) is 40.6 Å². The number of nitrogens with zero attached hydrogens (tertiary/aromatic N) is 1. The van der Waals surface area contributed by atoms with Crippen molar-refractivity contribution >= 4 is 11.6 Å². The maximum absolute atomic E-state index is 12.8. The molecule has 0 aliphatic rings. The summed E-state index contributed by atoms with van der Waals surface area (Å²) >= 11 is 4.97. The third-order valence-electron chi connectivity index (χ3n) is 2.99. The molecule has 0 bridgehead atoms. The van der Waals surface area contributed by atoms with Gasteiger partial charge >= 0.3 is 12.5 Å². The van der Waals surface area contributed by atoms with Gasteiger partial charge in [0.2, 0.25) is 5.88 Å². The molecule has 0 fully saturated rings. The van der Waals surface area contributed by atoms with Crippen LogP contribution < -0.4 is 4.74 Å². The number of hydrogen-bond acceptors (Lipinski definition) is 4. The van der Waals surface area contributed by atoms with Gasteiger partial charge in [-0.25, -0.2) is 4.98 Å². The Morgan fingerprint density at radius 1 is 0.889 bits per heavy atom. The van der Waals surface area contributed by atoms with Crippen molar-refractivity contribution in [3.05, 3.63) is 54.2 Å². The molecule has 0 saturated carbocycles. The van der Waals surface area contributed by atoms with Crippen LogP contribution in [0.4, 0.5) is 26.3 Å². The second-order valence-electron chi connectivity index (χ2n) is 5.15. The van der Waals surface area contributed by atoms with Gasteiger partial charge in [-0.1, -0.05) is 35.9 Å². The van der Waals surface area contributed by atoms with Crippen molar-refractivity contribution in [3.63, 3.8) is 0 Å². The van der Waals surface area contributed by atoms with Gasteiger partial charge in [0.05, 0.1) is 18.9 Å². The number of pyridine rings is 1. The molecule has 27 heavy (non-hydrogen) atoms. The summed E-state index contributed by atoms with van der Waals surface area (Å²) in [5, 5.41) is -4.07. The molecule has 1 atom stereocenters. The lowest BCUT2D eigenvalue weighted by Crippen LogP contribution is -2.49. The van der Waals surface area contributed by atoms with Crippen LogP contribution >= 0.6 is 11.6 Å². The van der Waals surface area contributed by atoms with E-state index in [-0.39, 0.29) is 11.6 Å². The van der Waals surface area contributed by atoms with E-state index in [9.17, 15) is 26.3 Å². The molecule has 0 aliphatic heterocycles. The number of benzene rings is 1. The standard InChI is InChI=1S/C16H12ClF6NO3/c17-14(15(18,19)20,27-16(21,22)23)10-25-9-11-5-4-8-13(24-11)26-12-6-2-1-3-7-12/h1-8H,9-10H2. The summed E-state index contributed by atoms with van der Waals surface area (Å²) in [6, 6.07) is 12.9. The fraction of sp³-hybridized carbons (Fsp3) is 0.312. The van der Waals surface area contributed by atoms with E-state index in [1.807, 2.05) is 0 Å². The SMILES string of the molecule is FC(F)(F)OC(Cl)(COCc1cccc(Oc2ccccc2)n1)C(F)(F)F. The highest BCUT2D eigenvalue weighted by atomic mass is 35.5. The molecule has 1 heterocycles. The van der Waals surface area contributed by atoms with Crippen molar-refractivity contribution < 1.29 is 40.6 Å². The molecule has 2 aromatic rings. The Morgan fingerprint density at radius 3 is 2.15 bits per heavy atom. The Hall–Kier alpha value is -2.04. The van der Waals surface area contributed by atoms with E-state index in [1.54, 1.807) is 30.3 Å². The van der Waals surface area contributed by atoms with E-state index in [1.165, 1.54) is 18.2 Å². The lowest BCUT2D eigenvalue weighted by molar-refractivity contribution is -0.398. The minimum atomic E-state index is -5.59. The normalized spacial score (nSPS) is 14.6. The number of rotatable bonds is 7. The Labute approximate surface area is 154 Å². The number of ether oxygens (including phenoxy) is 3. The highest BCUT2D eigenvalue weighted by Gasteiger charge is 2.60. The van der Waals surface area contributed by atoms with Crippen LogP contribution in [0.25, 0.3) is 0 Å². The number of para-hydroxylation sites is 1. The monoisotopic (exact) mass is 415 g/mol. The van der Waals surface area contributed by atoms with Crippen molar-refractivity contribution in [2.24, 2.45) is 0 Å². The molecule has 0 N–H and O–H groups in total. The fourth-order valence-electron chi connectivity index (χ4n) is 1.84. The summed E-state index contributed by atoms with van der Waals surface area (Å²) < 4.78 is 88.1. The molecule has 148 valence electrons. The van der Waals surface area contributed by atoms with Crippen molar-refractivity contribution in [2.75, 3.05) is 6.61 Å². The van der Waals surface area contributed by atoms with Crippen molar-refractivity contribution in [1.29, 1.82) is 0 Å². The van der Waals surface area contributed by atoms with Crippen molar-refractivity contribution in [1.82, 2.24) is 4.98 Å². The molecule has 2 rings (SSSR count). The summed E-state index contributed by atoms with van der Waals surface area (Å²) in [5.74, 6) is 0.597. The zero-order chi connectivity index (χ0) is 20.1. The lowest BCUT2D eigenvalue weighted by atomic mass is 10.3. The summed E-state index contributed by atoms with van der Waals surface area (Å²) in [6.45, 7) is -2.14.